The minimum absolute atomic E-state index is 0.0146. The van der Waals surface area contributed by atoms with Crippen molar-refractivity contribution in [2.24, 2.45) is 0 Å². The number of phenols is 1. The molecule has 2 atom stereocenters. The number of ketones is 1. The van der Waals surface area contributed by atoms with Crippen molar-refractivity contribution in [1.82, 2.24) is 14.5 Å². The van der Waals surface area contributed by atoms with Gasteiger partial charge in [-0.2, -0.15) is 0 Å². The van der Waals surface area contributed by atoms with E-state index in [0.29, 0.717) is 35.0 Å². The molecule has 0 saturated carbocycles. The van der Waals surface area contributed by atoms with Crippen LogP contribution in [-0.2, 0) is 22.6 Å². The number of methoxy groups -OCH3 is 1. The van der Waals surface area contributed by atoms with Gasteiger partial charge in [0.1, 0.15) is 17.6 Å². The number of halogens is 1. The van der Waals surface area contributed by atoms with Gasteiger partial charge < -0.3 is 29.2 Å². The second kappa shape index (κ2) is 9.93. The Balaban J connectivity index is 1.59. The first-order chi connectivity index (χ1) is 17.8. The predicted molar refractivity (Wildman–Crippen MR) is 138 cm³/mol. The summed E-state index contributed by atoms with van der Waals surface area (Å²) in [5, 5.41) is 21.8. The molecule has 1 saturated heterocycles. The van der Waals surface area contributed by atoms with Crippen LogP contribution in [0.2, 0.25) is 0 Å². The molecule has 3 heterocycles. The van der Waals surface area contributed by atoms with Crippen molar-refractivity contribution in [2.75, 3.05) is 13.7 Å². The third-order valence-corrected chi connectivity index (χ3v) is 7.27. The van der Waals surface area contributed by atoms with Crippen molar-refractivity contribution >= 4 is 33.4 Å². The number of Topliss-reactive ketones (excluding diaryl/α,β-unsaturated/α-hetero) is 1. The molecular formula is C27H26BrN3O6. The van der Waals surface area contributed by atoms with Gasteiger partial charge in [0.2, 0.25) is 0 Å². The number of hydrogen-bond acceptors (Lipinski definition) is 7. The molecule has 10 heteroatoms. The Morgan fingerprint density at radius 3 is 2.78 bits per heavy atom. The number of carbonyl (C=O) groups is 2. The molecule has 2 aromatic carbocycles. The predicted octanol–water partition coefficient (Wildman–Crippen LogP) is 4.20. The van der Waals surface area contributed by atoms with Gasteiger partial charge in [-0.05, 0) is 70.7 Å². The van der Waals surface area contributed by atoms with Crippen molar-refractivity contribution in [3.8, 4) is 17.2 Å². The number of nitrogens with zero attached hydrogens (tertiary/aromatic N) is 3. The van der Waals surface area contributed by atoms with Crippen molar-refractivity contribution < 1.29 is 29.3 Å². The summed E-state index contributed by atoms with van der Waals surface area (Å²) >= 11 is 3.33. The van der Waals surface area contributed by atoms with Gasteiger partial charge in [0.15, 0.2) is 11.5 Å². The van der Waals surface area contributed by atoms with Crippen LogP contribution in [0, 0.1) is 0 Å². The fourth-order valence-corrected chi connectivity index (χ4v) is 5.39. The SMILES string of the molecule is COc1cc([C@@H]2C(=C(O)c3ccc4c(c3)C[C@H](C)O4)C(=O)C(=O)N2CCCn2ccnc2)cc(Br)c1O. The van der Waals surface area contributed by atoms with Crippen LogP contribution in [0.4, 0.5) is 0 Å². The summed E-state index contributed by atoms with van der Waals surface area (Å²) in [4.78, 5) is 32.1. The second-order valence-electron chi connectivity index (χ2n) is 9.16. The normalized spacial score (nSPS) is 20.2. The monoisotopic (exact) mass is 567 g/mol. The number of amides is 1. The summed E-state index contributed by atoms with van der Waals surface area (Å²) in [6.45, 7) is 2.83. The van der Waals surface area contributed by atoms with Crippen LogP contribution in [0.1, 0.15) is 36.1 Å². The number of ether oxygens (including phenoxy) is 2. The average Bonchev–Trinajstić information content (AvgIpc) is 3.59. The molecule has 2 N–H and O–H groups in total. The van der Waals surface area contributed by atoms with Gasteiger partial charge in [0.25, 0.3) is 11.7 Å². The van der Waals surface area contributed by atoms with Crippen LogP contribution in [0.5, 0.6) is 17.2 Å². The van der Waals surface area contributed by atoms with E-state index >= 15 is 0 Å². The van der Waals surface area contributed by atoms with Gasteiger partial charge in [-0.15, -0.1) is 0 Å². The van der Waals surface area contributed by atoms with Crippen LogP contribution in [-0.4, -0.2) is 56.1 Å². The van der Waals surface area contributed by atoms with Crippen LogP contribution in [0.25, 0.3) is 5.76 Å². The number of aliphatic hydroxyl groups is 1. The van der Waals surface area contributed by atoms with Crippen molar-refractivity contribution in [1.29, 1.82) is 0 Å². The molecular weight excluding hydrogens is 542 g/mol. The zero-order valence-electron chi connectivity index (χ0n) is 20.3. The molecule has 3 aromatic rings. The summed E-state index contributed by atoms with van der Waals surface area (Å²) in [6.07, 6.45) is 6.46. The molecule has 2 aliphatic rings. The molecule has 192 valence electrons. The smallest absolute Gasteiger partial charge is 0.295 e. The molecule has 2 aliphatic heterocycles. The van der Waals surface area contributed by atoms with E-state index in [0.717, 1.165) is 11.3 Å². The Hall–Kier alpha value is -3.79. The summed E-state index contributed by atoms with van der Waals surface area (Å²) in [7, 11) is 1.42. The maximum absolute atomic E-state index is 13.4. The van der Waals surface area contributed by atoms with E-state index in [2.05, 4.69) is 20.9 Å². The first-order valence-corrected chi connectivity index (χ1v) is 12.7. The highest BCUT2D eigenvalue weighted by atomic mass is 79.9. The van der Waals surface area contributed by atoms with Gasteiger partial charge in [0, 0.05) is 37.5 Å². The fourth-order valence-electron chi connectivity index (χ4n) is 4.93. The van der Waals surface area contributed by atoms with Crippen LogP contribution >= 0.6 is 15.9 Å². The highest BCUT2D eigenvalue weighted by Crippen LogP contribution is 2.44. The lowest BCUT2D eigenvalue weighted by molar-refractivity contribution is -0.139. The number of rotatable bonds is 7. The van der Waals surface area contributed by atoms with E-state index in [-0.39, 0.29) is 35.5 Å². The van der Waals surface area contributed by atoms with Gasteiger partial charge in [0.05, 0.1) is 29.5 Å². The topological polar surface area (TPSA) is 114 Å². The van der Waals surface area contributed by atoms with Crippen molar-refractivity contribution in [2.45, 2.75) is 38.5 Å². The maximum Gasteiger partial charge on any atom is 0.295 e. The molecule has 1 amide bonds. The van der Waals surface area contributed by atoms with E-state index < -0.39 is 17.7 Å². The van der Waals surface area contributed by atoms with Gasteiger partial charge in [-0.25, -0.2) is 4.98 Å². The van der Waals surface area contributed by atoms with E-state index in [1.54, 1.807) is 42.9 Å². The molecule has 0 bridgehead atoms. The first kappa shape index (κ1) is 24.9. The van der Waals surface area contributed by atoms with Crippen molar-refractivity contribution in [3.05, 3.63) is 75.8 Å². The van der Waals surface area contributed by atoms with E-state index in [9.17, 15) is 19.8 Å². The van der Waals surface area contributed by atoms with E-state index in [4.69, 9.17) is 9.47 Å². The van der Waals surface area contributed by atoms with E-state index in [1.807, 2.05) is 17.7 Å². The number of aryl methyl sites for hydroxylation is 1. The number of carbonyl (C=O) groups excluding carboxylic acids is 2. The van der Waals surface area contributed by atoms with Crippen LogP contribution in [0.15, 0.2) is 59.1 Å². The highest BCUT2D eigenvalue weighted by molar-refractivity contribution is 9.10. The summed E-state index contributed by atoms with van der Waals surface area (Å²) in [5.74, 6) is -0.899. The van der Waals surface area contributed by atoms with E-state index in [1.165, 1.54) is 12.0 Å². The Morgan fingerprint density at radius 2 is 2.05 bits per heavy atom. The molecule has 9 nitrogen and oxygen atoms in total. The molecule has 5 rings (SSSR count). The number of likely N-dealkylation sites (tertiary alicyclic amines) is 1. The lowest BCUT2D eigenvalue weighted by atomic mass is 9.94. The summed E-state index contributed by atoms with van der Waals surface area (Å²) in [5.41, 5.74) is 1.86. The van der Waals surface area contributed by atoms with Crippen LogP contribution in [0.3, 0.4) is 0 Å². The van der Waals surface area contributed by atoms with Gasteiger partial charge >= 0.3 is 0 Å². The Morgan fingerprint density at radius 1 is 1.24 bits per heavy atom. The Bertz CT molecular complexity index is 1400. The quantitative estimate of drug-likeness (QED) is 0.250. The number of aliphatic hydroxyl groups excluding tert-OH is 1. The maximum atomic E-state index is 13.4. The standard InChI is InChI=1S/C27H26BrN3O6/c1-15-10-17-11-16(4-5-20(17)37-15)24(32)22-23(18-12-19(28)25(33)21(13-18)36-2)31(27(35)26(22)34)8-3-7-30-9-6-29-14-30/h4-6,9,11-15,23,32-33H,3,7-8,10H2,1-2H3/t15-,23+/m0/s1. The van der Waals surface area contributed by atoms with Gasteiger partial charge in [-0.1, -0.05) is 0 Å². The third kappa shape index (κ3) is 4.57. The van der Waals surface area contributed by atoms with Crippen molar-refractivity contribution in [3.63, 3.8) is 0 Å². The molecule has 0 radical (unpaired) electrons. The zero-order valence-corrected chi connectivity index (χ0v) is 21.9. The second-order valence-corrected chi connectivity index (χ2v) is 10.0. The lowest BCUT2D eigenvalue weighted by Gasteiger charge is -2.26. The number of imidazole rings is 1. The van der Waals surface area contributed by atoms with Crippen LogP contribution < -0.4 is 9.47 Å². The lowest BCUT2D eigenvalue weighted by Crippen LogP contribution is -2.31. The number of hydrogen-bond donors (Lipinski definition) is 2. The molecule has 0 aliphatic carbocycles. The molecule has 1 fully saturated rings. The number of aromatic nitrogens is 2. The minimum Gasteiger partial charge on any atom is -0.507 e. The summed E-state index contributed by atoms with van der Waals surface area (Å²) < 4.78 is 13.3. The summed E-state index contributed by atoms with van der Waals surface area (Å²) in [6, 6.07) is 7.57. The largest absolute Gasteiger partial charge is 0.507 e. The number of phenolic OH excluding ortho intramolecular Hbond substituents is 1. The minimum atomic E-state index is -0.878. The average molecular weight is 568 g/mol. The molecule has 0 spiro atoms. The third-order valence-electron chi connectivity index (χ3n) is 6.67. The zero-order chi connectivity index (χ0) is 26.3. The number of benzene rings is 2. The Labute approximate surface area is 222 Å². The molecule has 1 aromatic heterocycles. The van der Waals surface area contributed by atoms with Gasteiger partial charge in [-0.3, -0.25) is 9.59 Å². The molecule has 37 heavy (non-hydrogen) atoms. The number of fused-ring (bicyclic) bond motifs is 1. The molecule has 0 unspecified atom stereocenters. The first-order valence-electron chi connectivity index (χ1n) is 11.9. The fraction of sp³-hybridized carbons (Fsp3) is 0.296. The highest BCUT2D eigenvalue weighted by Gasteiger charge is 2.46. The Kier molecular flexibility index (Phi) is 6.68. The number of aromatic hydroxyl groups is 1.